The summed E-state index contributed by atoms with van der Waals surface area (Å²) in [6.45, 7) is 3.50. The van der Waals surface area contributed by atoms with Gasteiger partial charge in [0.25, 0.3) is 11.6 Å². The number of hydrogen-bond acceptors (Lipinski definition) is 6. The molecule has 1 amide bonds. The highest BCUT2D eigenvalue weighted by atomic mass is 16.6. The molecule has 0 saturated carbocycles. The van der Waals surface area contributed by atoms with Crippen LogP contribution in [0.2, 0.25) is 0 Å². The van der Waals surface area contributed by atoms with E-state index in [1.54, 1.807) is 18.2 Å². The number of non-ortho nitro benzene ring substituents is 1. The number of amides is 1. The van der Waals surface area contributed by atoms with Crippen molar-refractivity contribution in [3.8, 4) is 11.4 Å². The van der Waals surface area contributed by atoms with Crippen molar-refractivity contribution in [1.29, 1.82) is 0 Å². The molecule has 0 spiro atoms. The first-order chi connectivity index (χ1) is 14.5. The largest absolute Gasteiger partial charge is 0.371 e. The molecule has 0 radical (unpaired) electrons. The predicted octanol–water partition coefficient (Wildman–Crippen LogP) is 3.93. The summed E-state index contributed by atoms with van der Waals surface area (Å²) < 4.78 is 0. The summed E-state index contributed by atoms with van der Waals surface area (Å²) in [7, 11) is 0. The molecule has 4 rings (SSSR count). The number of aryl methyl sites for hydroxylation is 1. The fourth-order valence-corrected chi connectivity index (χ4v) is 3.60. The van der Waals surface area contributed by atoms with Gasteiger partial charge in [0, 0.05) is 36.5 Å². The Kier molecular flexibility index (Phi) is 5.42. The van der Waals surface area contributed by atoms with Gasteiger partial charge >= 0.3 is 0 Å². The van der Waals surface area contributed by atoms with Crippen LogP contribution in [0, 0.1) is 17.0 Å². The lowest BCUT2D eigenvalue weighted by Gasteiger charge is -2.30. The van der Waals surface area contributed by atoms with E-state index in [1.807, 2.05) is 19.1 Å². The first kappa shape index (κ1) is 19.6. The van der Waals surface area contributed by atoms with E-state index in [4.69, 9.17) is 0 Å². The molecule has 154 valence electrons. The lowest BCUT2D eigenvalue weighted by molar-refractivity contribution is -0.384. The summed E-state index contributed by atoms with van der Waals surface area (Å²) in [6, 6.07) is 11.6. The number of anilines is 2. The molecule has 2 heterocycles. The molecule has 1 aliphatic heterocycles. The molecule has 30 heavy (non-hydrogen) atoms. The maximum atomic E-state index is 13.0. The van der Waals surface area contributed by atoms with Crippen LogP contribution in [0.5, 0.6) is 0 Å². The van der Waals surface area contributed by atoms with Gasteiger partial charge in [-0.3, -0.25) is 20.0 Å². The molecular formula is C21H22N6O3. The van der Waals surface area contributed by atoms with Gasteiger partial charge in [-0.2, -0.15) is 5.10 Å². The molecule has 9 nitrogen and oxygen atoms in total. The van der Waals surface area contributed by atoms with Crippen LogP contribution in [0.1, 0.15) is 35.4 Å². The molecule has 0 unspecified atom stereocenters. The summed E-state index contributed by atoms with van der Waals surface area (Å²) in [5.41, 5.74) is 2.34. The first-order valence-corrected chi connectivity index (χ1v) is 9.85. The van der Waals surface area contributed by atoms with Crippen molar-refractivity contribution >= 4 is 23.0 Å². The van der Waals surface area contributed by atoms with Gasteiger partial charge in [-0.25, -0.2) is 4.98 Å². The van der Waals surface area contributed by atoms with Gasteiger partial charge in [0.05, 0.1) is 16.2 Å². The number of nitrogens with one attached hydrogen (secondary N) is 2. The van der Waals surface area contributed by atoms with Crippen LogP contribution in [0.4, 0.5) is 17.1 Å². The van der Waals surface area contributed by atoms with Gasteiger partial charge in [0.1, 0.15) is 5.82 Å². The van der Waals surface area contributed by atoms with Crippen LogP contribution in [0.15, 0.2) is 42.5 Å². The van der Waals surface area contributed by atoms with E-state index in [2.05, 4.69) is 25.4 Å². The second-order valence-electron chi connectivity index (χ2n) is 7.28. The van der Waals surface area contributed by atoms with Crippen molar-refractivity contribution in [1.82, 2.24) is 15.2 Å². The highest BCUT2D eigenvalue weighted by molar-refractivity contribution is 6.08. The van der Waals surface area contributed by atoms with Crippen LogP contribution in [-0.2, 0) is 0 Å². The molecule has 3 aromatic rings. The maximum absolute atomic E-state index is 13.0. The number of hydrogen-bond donors (Lipinski definition) is 2. The number of nitro groups is 1. The first-order valence-electron chi connectivity index (χ1n) is 9.85. The number of nitrogens with zero attached hydrogens (tertiary/aromatic N) is 4. The van der Waals surface area contributed by atoms with Crippen LogP contribution in [-0.4, -0.2) is 39.1 Å². The quantitative estimate of drug-likeness (QED) is 0.490. The Morgan fingerprint density at radius 1 is 1.13 bits per heavy atom. The standard InChI is InChI=1S/C21H22N6O3/c1-14-22-20(25-24-14)15-5-7-16(8-6-15)23-21(28)18-13-17(27(29)30)9-10-19(18)26-11-3-2-4-12-26/h5-10,13H,2-4,11-12H2,1H3,(H,23,28)(H,22,24,25). The Morgan fingerprint density at radius 3 is 2.50 bits per heavy atom. The number of aromatic amines is 1. The number of H-pyrrole nitrogens is 1. The maximum Gasteiger partial charge on any atom is 0.270 e. The third-order valence-electron chi connectivity index (χ3n) is 5.13. The molecule has 1 fully saturated rings. The lowest BCUT2D eigenvalue weighted by atomic mass is 10.1. The minimum Gasteiger partial charge on any atom is -0.371 e. The molecule has 2 N–H and O–H groups in total. The predicted molar refractivity (Wildman–Crippen MR) is 114 cm³/mol. The number of aromatic nitrogens is 3. The third kappa shape index (κ3) is 4.14. The fraction of sp³-hybridized carbons (Fsp3) is 0.286. The average molecular weight is 406 g/mol. The lowest BCUT2D eigenvalue weighted by Crippen LogP contribution is -2.31. The summed E-state index contributed by atoms with van der Waals surface area (Å²) in [5.74, 6) is 0.926. The van der Waals surface area contributed by atoms with Gasteiger partial charge in [0.2, 0.25) is 0 Å². The zero-order valence-electron chi connectivity index (χ0n) is 16.6. The van der Waals surface area contributed by atoms with Crippen molar-refractivity contribution in [2.45, 2.75) is 26.2 Å². The Bertz CT molecular complexity index is 1070. The molecule has 1 aromatic heterocycles. The summed E-state index contributed by atoms with van der Waals surface area (Å²) in [4.78, 5) is 30.2. The number of benzene rings is 2. The van der Waals surface area contributed by atoms with E-state index < -0.39 is 4.92 Å². The fourth-order valence-electron chi connectivity index (χ4n) is 3.60. The van der Waals surface area contributed by atoms with Crippen molar-refractivity contribution < 1.29 is 9.72 Å². The summed E-state index contributed by atoms with van der Waals surface area (Å²) >= 11 is 0. The van der Waals surface area contributed by atoms with Crippen LogP contribution in [0.25, 0.3) is 11.4 Å². The summed E-state index contributed by atoms with van der Waals surface area (Å²) in [6.07, 6.45) is 3.24. The van der Waals surface area contributed by atoms with Gasteiger partial charge in [-0.05, 0) is 56.5 Å². The van der Waals surface area contributed by atoms with E-state index >= 15 is 0 Å². The summed E-state index contributed by atoms with van der Waals surface area (Å²) in [5, 5.41) is 21.0. The number of piperidine rings is 1. The molecule has 0 atom stereocenters. The normalized spacial score (nSPS) is 13.8. The zero-order valence-corrected chi connectivity index (χ0v) is 16.6. The number of rotatable bonds is 5. The monoisotopic (exact) mass is 406 g/mol. The van der Waals surface area contributed by atoms with Crippen molar-refractivity contribution in [2.24, 2.45) is 0 Å². The number of carbonyl (C=O) groups excluding carboxylic acids is 1. The highest BCUT2D eigenvalue weighted by Crippen LogP contribution is 2.29. The van der Waals surface area contributed by atoms with E-state index in [9.17, 15) is 14.9 Å². The van der Waals surface area contributed by atoms with E-state index in [0.717, 1.165) is 49.4 Å². The highest BCUT2D eigenvalue weighted by Gasteiger charge is 2.22. The second-order valence-corrected chi connectivity index (χ2v) is 7.28. The number of carbonyl (C=O) groups is 1. The molecule has 0 bridgehead atoms. The Hall–Kier alpha value is -3.75. The van der Waals surface area contributed by atoms with Crippen molar-refractivity contribution in [3.63, 3.8) is 0 Å². The molecule has 9 heteroatoms. The van der Waals surface area contributed by atoms with Crippen LogP contribution >= 0.6 is 0 Å². The molecule has 0 aliphatic carbocycles. The van der Waals surface area contributed by atoms with Crippen LogP contribution in [0.3, 0.4) is 0 Å². The number of nitro benzene ring substituents is 1. The molecule has 2 aromatic carbocycles. The topological polar surface area (TPSA) is 117 Å². The second kappa shape index (κ2) is 8.32. The van der Waals surface area contributed by atoms with E-state index in [0.29, 0.717) is 17.1 Å². The minimum absolute atomic E-state index is 0.101. The Balaban J connectivity index is 1.58. The van der Waals surface area contributed by atoms with Gasteiger partial charge < -0.3 is 10.2 Å². The third-order valence-corrected chi connectivity index (χ3v) is 5.13. The average Bonchev–Trinajstić information content (AvgIpc) is 3.20. The zero-order chi connectivity index (χ0) is 21.1. The molecule has 1 saturated heterocycles. The minimum atomic E-state index is -0.482. The smallest absolute Gasteiger partial charge is 0.270 e. The van der Waals surface area contributed by atoms with Crippen LogP contribution < -0.4 is 10.2 Å². The molecular weight excluding hydrogens is 384 g/mol. The molecule has 1 aliphatic rings. The Labute approximate surface area is 173 Å². The van der Waals surface area contributed by atoms with Gasteiger partial charge in [-0.1, -0.05) is 0 Å². The SMILES string of the molecule is Cc1nc(-c2ccc(NC(=O)c3cc([N+](=O)[O-])ccc3N3CCCCC3)cc2)n[nH]1. The Morgan fingerprint density at radius 2 is 1.87 bits per heavy atom. The van der Waals surface area contributed by atoms with E-state index in [-0.39, 0.29) is 11.6 Å². The van der Waals surface area contributed by atoms with Gasteiger partial charge in [-0.15, -0.1) is 0 Å². The van der Waals surface area contributed by atoms with Crippen molar-refractivity contribution in [3.05, 3.63) is 64.0 Å². The van der Waals surface area contributed by atoms with Crippen molar-refractivity contribution in [2.75, 3.05) is 23.3 Å². The van der Waals surface area contributed by atoms with Gasteiger partial charge in [0.15, 0.2) is 5.82 Å². The van der Waals surface area contributed by atoms with E-state index in [1.165, 1.54) is 12.1 Å².